The number of aliphatic hydroxyl groups excluding tert-OH is 1. The second-order valence-corrected chi connectivity index (χ2v) is 9.90. The van der Waals surface area contributed by atoms with Crippen molar-refractivity contribution in [1.82, 2.24) is 9.88 Å². The van der Waals surface area contributed by atoms with E-state index in [1.165, 1.54) is 13.3 Å². The third-order valence-corrected chi connectivity index (χ3v) is 7.59. The summed E-state index contributed by atoms with van der Waals surface area (Å²) in [5.41, 5.74) is 0.477. The fraction of sp³-hybridized carbons (Fsp3) is 0.429. The number of aromatic nitrogens is 1. The Bertz CT molecular complexity index is 1280. The second kappa shape index (κ2) is 12.2. The van der Waals surface area contributed by atoms with Crippen molar-refractivity contribution >= 4 is 28.5 Å². The van der Waals surface area contributed by atoms with Crippen molar-refractivity contribution in [3.05, 3.63) is 64.8 Å². The number of carbonyl (C=O) groups is 1. The molecule has 1 atom stereocenters. The van der Waals surface area contributed by atoms with Gasteiger partial charge in [0.05, 0.1) is 36.3 Å². The van der Waals surface area contributed by atoms with E-state index in [4.69, 9.17) is 25.8 Å². The molecule has 7 nitrogen and oxygen atoms in total. The van der Waals surface area contributed by atoms with Crippen LogP contribution >= 0.6 is 11.6 Å². The second-order valence-electron chi connectivity index (χ2n) is 9.49. The SMILES string of the molecule is COC(=O)C1(CC[C@@H](O)c2c(Cl)cnc3ccc(OC)cc23)CCN(CCOc2cc(F)ccc2F)CC1. The lowest BCUT2D eigenvalue weighted by Crippen LogP contribution is -2.46. The molecule has 2 heterocycles. The number of carbonyl (C=O) groups excluding carboxylic acids is 1. The normalized spacial score (nSPS) is 16.3. The third-order valence-electron chi connectivity index (χ3n) is 7.29. The number of fused-ring (bicyclic) bond motifs is 1. The van der Waals surface area contributed by atoms with E-state index >= 15 is 0 Å². The number of aliphatic hydroxyl groups is 1. The summed E-state index contributed by atoms with van der Waals surface area (Å²) in [6.07, 6.45) is 2.35. The van der Waals surface area contributed by atoms with Gasteiger partial charge in [-0.3, -0.25) is 14.7 Å². The average molecular weight is 549 g/mol. The summed E-state index contributed by atoms with van der Waals surface area (Å²) in [5.74, 6) is -0.995. The summed E-state index contributed by atoms with van der Waals surface area (Å²) < 4.78 is 43.1. The van der Waals surface area contributed by atoms with Crippen LogP contribution in [-0.4, -0.2) is 61.4 Å². The van der Waals surface area contributed by atoms with Crippen LogP contribution in [0.4, 0.5) is 8.78 Å². The highest BCUT2D eigenvalue weighted by Crippen LogP contribution is 2.41. The van der Waals surface area contributed by atoms with E-state index in [1.54, 1.807) is 25.3 Å². The lowest BCUT2D eigenvalue weighted by atomic mass is 9.74. The van der Waals surface area contributed by atoms with E-state index in [0.29, 0.717) is 72.6 Å². The molecule has 0 radical (unpaired) electrons. The van der Waals surface area contributed by atoms with Gasteiger partial charge >= 0.3 is 5.97 Å². The molecule has 38 heavy (non-hydrogen) atoms. The Morgan fingerprint density at radius 3 is 2.66 bits per heavy atom. The van der Waals surface area contributed by atoms with Gasteiger partial charge in [0, 0.05) is 29.8 Å². The van der Waals surface area contributed by atoms with E-state index in [2.05, 4.69) is 9.88 Å². The number of rotatable bonds is 10. The van der Waals surface area contributed by atoms with Crippen LogP contribution < -0.4 is 9.47 Å². The van der Waals surface area contributed by atoms with Crippen molar-refractivity contribution in [3.63, 3.8) is 0 Å². The lowest BCUT2D eigenvalue weighted by Gasteiger charge is -2.40. The Labute approximate surface area is 225 Å². The molecule has 204 valence electrons. The molecule has 1 aromatic heterocycles. The number of methoxy groups -OCH3 is 2. The van der Waals surface area contributed by atoms with Gasteiger partial charge in [-0.15, -0.1) is 0 Å². The smallest absolute Gasteiger partial charge is 0.311 e. The molecular weight excluding hydrogens is 518 g/mol. The van der Waals surface area contributed by atoms with Gasteiger partial charge in [0.1, 0.15) is 18.2 Å². The molecule has 1 saturated heterocycles. The minimum absolute atomic E-state index is 0.125. The Hall–Kier alpha value is -3.01. The first-order valence-electron chi connectivity index (χ1n) is 12.4. The summed E-state index contributed by atoms with van der Waals surface area (Å²) in [6, 6.07) is 8.48. The molecule has 0 amide bonds. The fourth-order valence-corrected chi connectivity index (χ4v) is 5.32. The van der Waals surface area contributed by atoms with E-state index in [1.807, 2.05) is 0 Å². The van der Waals surface area contributed by atoms with Crippen LogP contribution in [0.2, 0.25) is 5.02 Å². The monoisotopic (exact) mass is 548 g/mol. The molecule has 0 unspecified atom stereocenters. The maximum Gasteiger partial charge on any atom is 0.311 e. The van der Waals surface area contributed by atoms with Crippen molar-refractivity contribution in [1.29, 1.82) is 0 Å². The number of benzene rings is 2. The fourth-order valence-electron chi connectivity index (χ4n) is 5.04. The van der Waals surface area contributed by atoms with Crippen molar-refractivity contribution in [2.24, 2.45) is 5.41 Å². The molecule has 0 aliphatic carbocycles. The highest BCUT2D eigenvalue weighted by atomic mass is 35.5. The van der Waals surface area contributed by atoms with E-state index in [-0.39, 0.29) is 18.3 Å². The van der Waals surface area contributed by atoms with Gasteiger partial charge in [0.25, 0.3) is 0 Å². The Morgan fingerprint density at radius 1 is 1.18 bits per heavy atom. The number of esters is 1. The number of nitrogens with zero attached hydrogens (tertiary/aromatic N) is 2. The predicted octanol–water partition coefficient (Wildman–Crippen LogP) is 5.32. The molecule has 0 saturated carbocycles. The van der Waals surface area contributed by atoms with Gasteiger partial charge in [0.2, 0.25) is 0 Å². The van der Waals surface area contributed by atoms with Crippen molar-refractivity contribution in [2.45, 2.75) is 31.8 Å². The number of ether oxygens (including phenoxy) is 3. The molecule has 3 aromatic rings. The van der Waals surface area contributed by atoms with Crippen LogP contribution in [0.25, 0.3) is 10.9 Å². The standard InChI is InChI=1S/C28H31ClF2N2O5/c1-36-19-4-6-23-20(16-19)26(21(29)17-32-23)24(34)7-8-28(27(35)37-2)9-11-33(12-10-28)13-14-38-25-15-18(30)3-5-22(25)31/h3-6,15-17,24,34H,7-14H2,1-2H3/t24-/m1/s1. The zero-order chi connectivity index (χ0) is 27.3. The molecular formula is C28H31ClF2N2O5. The molecule has 1 fully saturated rings. The highest BCUT2D eigenvalue weighted by molar-refractivity contribution is 6.32. The number of halogens is 3. The summed E-state index contributed by atoms with van der Waals surface area (Å²) in [4.78, 5) is 19.3. The first-order valence-corrected chi connectivity index (χ1v) is 12.8. The van der Waals surface area contributed by atoms with Gasteiger partial charge in [-0.25, -0.2) is 8.78 Å². The highest BCUT2D eigenvalue weighted by Gasteiger charge is 2.42. The van der Waals surface area contributed by atoms with E-state index < -0.39 is 23.2 Å². The molecule has 10 heteroatoms. The zero-order valence-corrected chi connectivity index (χ0v) is 22.1. The Kier molecular flexibility index (Phi) is 9.02. The van der Waals surface area contributed by atoms with Crippen LogP contribution in [0.5, 0.6) is 11.5 Å². The summed E-state index contributed by atoms with van der Waals surface area (Å²) >= 11 is 6.45. The van der Waals surface area contributed by atoms with Crippen LogP contribution in [0.1, 0.15) is 37.4 Å². The Balaban J connectivity index is 1.40. The van der Waals surface area contributed by atoms with Crippen LogP contribution in [0.3, 0.4) is 0 Å². The number of likely N-dealkylation sites (tertiary alicyclic amines) is 1. The topological polar surface area (TPSA) is 81.1 Å². The van der Waals surface area contributed by atoms with Gasteiger partial charge in [-0.05, 0) is 69.1 Å². The molecule has 1 aliphatic heterocycles. The van der Waals surface area contributed by atoms with E-state index in [9.17, 15) is 18.7 Å². The van der Waals surface area contributed by atoms with Gasteiger partial charge in [0.15, 0.2) is 11.6 Å². The first kappa shape index (κ1) is 28.0. The maximum absolute atomic E-state index is 13.8. The number of pyridine rings is 1. The maximum atomic E-state index is 13.8. The van der Waals surface area contributed by atoms with Gasteiger partial charge < -0.3 is 19.3 Å². The van der Waals surface area contributed by atoms with Crippen molar-refractivity contribution in [2.75, 3.05) is 40.5 Å². The molecule has 0 spiro atoms. The summed E-state index contributed by atoms with van der Waals surface area (Å²) in [7, 11) is 2.93. The van der Waals surface area contributed by atoms with Crippen molar-refractivity contribution in [3.8, 4) is 11.5 Å². The predicted molar refractivity (Wildman–Crippen MR) is 139 cm³/mol. The van der Waals surface area contributed by atoms with Crippen LogP contribution in [0.15, 0.2) is 42.6 Å². The van der Waals surface area contributed by atoms with Crippen molar-refractivity contribution < 1.29 is 32.9 Å². The molecule has 1 aliphatic rings. The molecule has 0 bridgehead atoms. The van der Waals surface area contributed by atoms with Crippen LogP contribution in [-0.2, 0) is 9.53 Å². The number of piperidine rings is 1. The summed E-state index contributed by atoms with van der Waals surface area (Å²) in [6.45, 7) is 1.87. The first-order chi connectivity index (χ1) is 18.3. The molecule has 4 rings (SSSR count). The third kappa shape index (κ3) is 6.17. The molecule has 1 N–H and O–H groups in total. The zero-order valence-electron chi connectivity index (χ0n) is 21.4. The number of hydrogen-bond donors (Lipinski definition) is 1. The molecule has 2 aromatic carbocycles. The summed E-state index contributed by atoms with van der Waals surface area (Å²) in [5, 5.41) is 12.2. The Morgan fingerprint density at radius 2 is 1.95 bits per heavy atom. The van der Waals surface area contributed by atoms with Gasteiger partial charge in [-0.1, -0.05) is 11.6 Å². The minimum Gasteiger partial charge on any atom is -0.497 e. The van der Waals surface area contributed by atoms with Crippen LogP contribution in [0, 0.1) is 17.0 Å². The average Bonchev–Trinajstić information content (AvgIpc) is 2.93. The van der Waals surface area contributed by atoms with E-state index in [0.717, 1.165) is 18.2 Å². The van der Waals surface area contributed by atoms with Gasteiger partial charge in [-0.2, -0.15) is 0 Å². The largest absolute Gasteiger partial charge is 0.497 e. The quantitative estimate of drug-likeness (QED) is 0.343. The minimum atomic E-state index is -0.922. The number of hydrogen-bond acceptors (Lipinski definition) is 7. The lowest BCUT2D eigenvalue weighted by molar-refractivity contribution is -0.157.